The third kappa shape index (κ3) is 3.24. The van der Waals surface area contributed by atoms with Gasteiger partial charge < -0.3 is 15.5 Å². The van der Waals surface area contributed by atoms with Crippen LogP contribution in [-0.4, -0.2) is 28.8 Å². The average molecular weight is 201 g/mol. The molecule has 0 heterocycles. The third-order valence-electron chi connectivity index (χ3n) is 2.74. The lowest BCUT2D eigenvalue weighted by atomic mass is 9.82. The highest BCUT2D eigenvalue weighted by Crippen LogP contribution is 2.28. The number of carbonyl (C=O) groups is 2. The Hall–Kier alpha value is -1.26. The van der Waals surface area contributed by atoms with Gasteiger partial charge in [0.25, 0.3) is 0 Å². The van der Waals surface area contributed by atoms with Crippen LogP contribution in [-0.2, 0) is 4.79 Å². The molecule has 0 atom stereocenters. The van der Waals surface area contributed by atoms with Gasteiger partial charge in [0.2, 0.25) is 0 Å². The molecule has 1 aliphatic carbocycles. The highest BCUT2D eigenvalue weighted by Gasteiger charge is 2.25. The molecule has 0 aromatic rings. The molecule has 0 spiro atoms. The summed E-state index contributed by atoms with van der Waals surface area (Å²) in [5.74, 6) is -0.646. The molecule has 0 saturated heterocycles. The predicted molar refractivity (Wildman–Crippen MR) is 49.1 cm³/mol. The lowest BCUT2D eigenvalue weighted by Gasteiger charge is -2.25. The fourth-order valence-electron chi connectivity index (χ4n) is 1.85. The Bertz CT molecular complexity index is 221. The molecule has 3 N–H and O–H groups in total. The van der Waals surface area contributed by atoms with Crippen LogP contribution in [0.15, 0.2) is 0 Å². The fraction of sp³-hybridized carbons (Fsp3) is 0.778. The first kappa shape index (κ1) is 10.8. The molecule has 1 amide bonds. The molecule has 1 fully saturated rings. The van der Waals surface area contributed by atoms with E-state index in [2.05, 4.69) is 5.32 Å². The molecule has 1 rings (SSSR count). The first-order chi connectivity index (χ1) is 6.59. The SMILES string of the molecule is O=C(O)NCC1CCC(C(=O)O)CC1. The Labute approximate surface area is 82.1 Å². The maximum atomic E-state index is 10.6. The summed E-state index contributed by atoms with van der Waals surface area (Å²) in [4.78, 5) is 20.8. The van der Waals surface area contributed by atoms with Crippen LogP contribution >= 0.6 is 0 Å². The molecule has 14 heavy (non-hydrogen) atoms. The van der Waals surface area contributed by atoms with Crippen LogP contribution in [0.1, 0.15) is 25.7 Å². The molecule has 0 bridgehead atoms. The van der Waals surface area contributed by atoms with E-state index in [1.165, 1.54) is 0 Å². The van der Waals surface area contributed by atoms with Crippen LogP contribution in [0.4, 0.5) is 4.79 Å². The zero-order chi connectivity index (χ0) is 10.6. The minimum atomic E-state index is -1.01. The Morgan fingerprint density at radius 3 is 2.14 bits per heavy atom. The minimum Gasteiger partial charge on any atom is -0.481 e. The predicted octanol–water partition coefficient (Wildman–Crippen LogP) is 1.14. The fourth-order valence-corrected chi connectivity index (χ4v) is 1.85. The van der Waals surface area contributed by atoms with Gasteiger partial charge in [-0.2, -0.15) is 0 Å². The molecule has 80 valence electrons. The zero-order valence-corrected chi connectivity index (χ0v) is 7.90. The van der Waals surface area contributed by atoms with E-state index in [9.17, 15) is 9.59 Å². The van der Waals surface area contributed by atoms with Gasteiger partial charge in [-0.3, -0.25) is 4.79 Å². The largest absolute Gasteiger partial charge is 0.481 e. The summed E-state index contributed by atoms with van der Waals surface area (Å²) in [7, 11) is 0. The second-order valence-electron chi connectivity index (χ2n) is 3.74. The Morgan fingerprint density at radius 2 is 1.71 bits per heavy atom. The monoisotopic (exact) mass is 201 g/mol. The molecular weight excluding hydrogens is 186 g/mol. The van der Waals surface area contributed by atoms with Crippen molar-refractivity contribution in [2.24, 2.45) is 11.8 Å². The smallest absolute Gasteiger partial charge is 0.404 e. The van der Waals surface area contributed by atoms with Crippen LogP contribution in [0.3, 0.4) is 0 Å². The summed E-state index contributed by atoms with van der Waals surface area (Å²) >= 11 is 0. The maximum absolute atomic E-state index is 10.6. The number of hydrogen-bond donors (Lipinski definition) is 3. The highest BCUT2D eigenvalue weighted by molar-refractivity contribution is 5.70. The van der Waals surface area contributed by atoms with Crippen molar-refractivity contribution >= 4 is 12.1 Å². The second-order valence-corrected chi connectivity index (χ2v) is 3.74. The molecular formula is C9H15NO4. The Balaban J connectivity index is 2.22. The van der Waals surface area contributed by atoms with Gasteiger partial charge >= 0.3 is 12.1 Å². The highest BCUT2D eigenvalue weighted by atomic mass is 16.4. The van der Waals surface area contributed by atoms with Crippen LogP contribution in [0.25, 0.3) is 0 Å². The molecule has 0 radical (unpaired) electrons. The van der Waals surface area contributed by atoms with Gasteiger partial charge in [0.1, 0.15) is 0 Å². The molecule has 0 unspecified atom stereocenters. The summed E-state index contributed by atoms with van der Waals surface area (Å²) in [6.45, 7) is 0.446. The van der Waals surface area contributed by atoms with E-state index < -0.39 is 12.1 Å². The van der Waals surface area contributed by atoms with Crippen molar-refractivity contribution in [3.05, 3.63) is 0 Å². The number of amides is 1. The number of nitrogens with one attached hydrogen (secondary N) is 1. The van der Waals surface area contributed by atoms with Gasteiger partial charge in [-0.05, 0) is 31.6 Å². The lowest BCUT2D eigenvalue weighted by Crippen LogP contribution is -2.31. The van der Waals surface area contributed by atoms with Crippen LogP contribution in [0.2, 0.25) is 0 Å². The average Bonchev–Trinajstić information content (AvgIpc) is 2.15. The number of rotatable bonds is 3. The van der Waals surface area contributed by atoms with Gasteiger partial charge in [-0.25, -0.2) is 4.79 Å². The van der Waals surface area contributed by atoms with Gasteiger partial charge in [0, 0.05) is 6.54 Å². The minimum absolute atomic E-state index is 0.226. The summed E-state index contributed by atoms with van der Waals surface area (Å²) in [5.41, 5.74) is 0. The molecule has 0 aromatic heterocycles. The summed E-state index contributed by atoms with van der Waals surface area (Å²) in [6, 6.07) is 0. The van der Waals surface area contributed by atoms with Crippen molar-refractivity contribution in [3.8, 4) is 0 Å². The zero-order valence-electron chi connectivity index (χ0n) is 7.90. The molecule has 5 nitrogen and oxygen atoms in total. The first-order valence-corrected chi connectivity index (χ1v) is 4.79. The van der Waals surface area contributed by atoms with Crippen molar-refractivity contribution < 1.29 is 19.8 Å². The lowest BCUT2D eigenvalue weighted by molar-refractivity contribution is -0.143. The van der Waals surface area contributed by atoms with Gasteiger partial charge in [-0.15, -0.1) is 0 Å². The number of carboxylic acids is 1. The quantitative estimate of drug-likeness (QED) is 0.639. The van der Waals surface area contributed by atoms with Gasteiger partial charge in [0.05, 0.1) is 5.92 Å². The van der Waals surface area contributed by atoms with E-state index in [4.69, 9.17) is 10.2 Å². The Kier molecular flexibility index (Phi) is 3.73. The number of aliphatic carboxylic acids is 1. The standard InChI is InChI=1S/C9H15NO4/c11-8(12)7-3-1-6(2-4-7)5-10-9(13)14/h6-7,10H,1-5H2,(H,11,12)(H,13,14). The molecule has 5 heteroatoms. The topological polar surface area (TPSA) is 86.6 Å². The maximum Gasteiger partial charge on any atom is 0.404 e. The number of hydrogen-bond acceptors (Lipinski definition) is 2. The second kappa shape index (κ2) is 4.83. The Morgan fingerprint density at radius 1 is 1.14 bits per heavy atom. The van der Waals surface area contributed by atoms with E-state index in [1.54, 1.807) is 0 Å². The van der Waals surface area contributed by atoms with Crippen LogP contribution < -0.4 is 5.32 Å². The van der Waals surface area contributed by atoms with Crippen molar-refractivity contribution in [1.29, 1.82) is 0 Å². The van der Waals surface area contributed by atoms with Crippen LogP contribution in [0, 0.1) is 11.8 Å². The third-order valence-corrected chi connectivity index (χ3v) is 2.74. The van der Waals surface area contributed by atoms with E-state index in [1.807, 2.05) is 0 Å². The van der Waals surface area contributed by atoms with E-state index in [0.29, 0.717) is 25.3 Å². The van der Waals surface area contributed by atoms with Crippen LogP contribution in [0.5, 0.6) is 0 Å². The van der Waals surface area contributed by atoms with E-state index >= 15 is 0 Å². The van der Waals surface area contributed by atoms with Crippen molar-refractivity contribution in [1.82, 2.24) is 5.32 Å². The molecule has 0 aromatic carbocycles. The first-order valence-electron chi connectivity index (χ1n) is 4.79. The van der Waals surface area contributed by atoms with Gasteiger partial charge in [0.15, 0.2) is 0 Å². The van der Waals surface area contributed by atoms with E-state index in [0.717, 1.165) is 12.8 Å². The summed E-state index contributed by atoms with van der Waals surface area (Å²) < 4.78 is 0. The van der Waals surface area contributed by atoms with Crippen molar-refractivity contribution in [2.45, 2.75) is 25.7 Å². The molecule has 1 saturated carbocycles. The molecule has 0 aliphatic heterocycles. The van der Waals surface area contributed by atoms with Gasteiger partial charge in [-0.1, -0.05) is 0 Å². The summed E-state index contributed by atoms with van der Waals surface area (Å²) in [5, 5.41) is 19.4. The molecule has 1 aliphatic rings. The summed E-state index contributed by atoms with van der Waals surface area (Å²) in [6.07, 6.45) is 1.93. The normalized spacial score (nSPS) is 26.9. The number of carboxylic acid groups (broad SMARTS) is 2. The van der Waals surface area contributed by atoms with Crippen molar-refractivity contribution in [2.75, 3.05) is 6.54 Å². The van der Waals surface area contributed by atoms with E-state index in [-0.39, 0.29) is 5.92 Å². The van der Waals surface area contributed by atoms with Crippen molar-refractivity contribution in [3.63, 3.8) is 0 Å².